The van der Waals surface area contributed by atoms with Crippen molar-refractivity contribution in [3.8, 4) is 10.8 Å². The second kappa shape index (κ2) is 9.03. The highest BCUT2D eigenvalue weighted by molar-refractivity contribution is 7.39. The first-order valence-corrected chi connectivity index (χ1v) is 15.5. The number of rotatable bonds is 5. The minimum atomic E-state index is -0.0744. The van der Waals surface area contributed by atoms with Gasteiger partial charge in [-0.25, -0.2) is 0 Å². The van der Waals surface area contributed by atoms with Crippen LogP contribution in [0.25, 0.3) is 52.5 Å². The van der Waals surface area contributed by atoms with E-state index in [0.717, 1.165) is 44.9 Å². The highest BCUT2D eigenvalue weighted by atomic mass is 32.1. The van der Waals surface area contributed by atoms with Crippen molar-refractivity contribution in [2.24, 2.45) is 0 Å². The zero-order chi connectivity index (χ0) is 26.8. The zero-order valence-corrected chi connectivity index (χ0v) is 24.1. The average molecular weight is 574 g/mol. The molecule has 0 bridgehead atoms. The lowest BCUT2D eigenvalue weighted by molar-refractivity contribution is 0.497. The molecule has 0 aliphatic heterocycles. The van der Waals surface area contributed by atoms with Gasteiger partial charge in [0, 0.05) is 32.6 Å². The Morgan fingerprint density at radius 2 is 1.80 bits per heavy atom. The van der Waals surface area contributed by atoms with Crippen LogP contribution in [-0.4, -0.2) is 4.98 Å². The van der Waals surface area contributed by atoms with Gasteiger partial charge in [-0.1, -0.05) is 67.3 Å². The number of hydrogen-bond donors (Lipinski definition) is 0. The molecule has 0 saturated heterocycles. The number of benzene rings is 2. The van der Waals surface area contributed by atoms with Crippen LogP contribution in [0.15, 0.2) is 102 Å². The fourth-order valence-corrected chi connectivity index (χ4v) is 9.50. The Morgan fingerprint density at radius 1 is 0.950 bits per heavy atom. The van der Waals surface area contributed by atoms with Crippen LogP contribution >= 0.6 is 34.0 Å². The maximum Gasteiger partial charge on any atom is 0.183 e. The van der Waals surface area contributed by atoms with Crippen LogP contribution in [0.5, 0.6) is 10.8 Å². The van der Waals surface area contributed by atoms with Gasteiger partial charge in [-0.2, -0.15) is 0 Å². The Bertz CT molecular complexity index is 2150. The minimum absolute atomic E-state index is 0.0744. The summed E-state index contributed by atoms with van der Waals surface area (Å²) in [5.74, 6) is 0.846. The Labute approximate surface area is 243 Å². The smallest absolute Gasteiger partial charge is 0.183 e. The van der Waals surface area contributed by atoms with Crippen LogP contribution in [0.2, 0.25) is 0 Å². The van der Waals surface area contributed by atoms with Gasteiger partial charge in [0.05, 0.1) is 14.1 Å². The largest absolute Gasteiger partial charge is 0.454 e. The van der Waals surface area contributed by atoms with E-state index in [-0.39, 0.29) is 5.41 Å². The third kappa shape index (κ3) is 3.86. The van der Waals surface area contributed by atoms with Crippen molar-refractivity contribution in [1.29, 1.82) is 0 Å². The summed E-state index contributed by atoms with van der Waals surface area (Å²) in [5, 5.41) is 1.99. The van der Waals surface area contributed by atoms with Crippen molar-refractivity contribution in [3.63, 3.8) is 0 Å². The molecule has 0 N–H and O–H groups in total. The Hall–Kier alpha value is -3.97. The zero-order valence-electron chi connectivity index (χ0n) is 21.6. The SMILES string of the molecule is C=Cc1ccc(Oc2cc3sc4cc(C5(C)C=CC=C(c6ccc7oc8cccnc8c7c6)C5)sc4c3s2)cc1. The summed E-state index contributed by atoms with van der Waals surface area (Å²) in [6, 6.07) is 23.0. The molecule has 1 aliphatic carbocycles. The Kier molecular flexibility index (Phi) is 5.39. The number of thiophene rings is 3. The second-order valence-electron chi connectivity index (χ2n) is 10.3. The molecular weight excluding hydrogens is 551 g/mol. The first-order valence-electron chi connectivity index (χ1n) is 13.1. The summed E-state index contributed by atoms with van der Waals surface area (Å²) in [7, 11) is 0. The lowest BCUT2D eigenvalue weighted by Crippen LogP contribution is -2.19. The third-order valence-electron chi connectivity index (χ3n) is 7.61. The van der Waals surface area contributed by atoms with Crippen molar-refractivity contribution < 1.29 is 9.15 Å². The van der Waals surface area contributed by atoms with Gasteiger partial charge >= 0.3 is 0 Å². The molecule has 194 valence electrons. The lowest BCUT2D eigenvalue weighted by atomic mass is 9.77. The molecule has 2 aromatic carbocycles. The highest BCUT2D eigenvalue weighted by Crippen LogP contribution is 2.50. The van der Waals surface area contributed by atoms with Gasteiger partial charge in [0.15, 0.2) is 10.6 Å². The third-order valence-corrected chi connectivity index (χ3v) is 11.5. The quantitative estimate of drug-likeness (QED) is 0.205. The molecule has 0 radical (unpaired) electrons. The molecule has 3 nitrogen and oxygen atoms in total. The van der Waals surface area contributed by atoms with Gasteiger partial charge in [0.25, 0.3) is 0 Å². The van der Waals surface area contributed by atoms with Crippen LogP contribution in [0.4, 0.5) is 0 Å². The van der Waals surface area contributed by atoms with Gasteiger partial charge < -0.3 is 9.15 Å². The molecule has 0 amide bonds. The first-order chi connectivity index (χ1) is 19.6. The predicted molar refractivity (Wildman–Crippen MR) is 172 cm³/mol. The first kappa shape index (κ1) is 23.9. The van der Waals surface area contributed by atoms with Crippen LogP contribution in [0.1, 0.15) is 29.3 Å². The molecule has 8 rings (SSSR count). The molecule has 5 heterocycles. The van der Waals surface area contributed by atoms with E-state index in [0.29, 0.717) is 0 Å². The number of pyridine rings is 1. The second-order valence-corrected chi connectivity index (χ2v) is 13.5. The van der Waals surface area contributed by atoms with E-state index in [1.165, 1.54) is 34.8 Å². The van der Waals surface area contributed by atoms with E-state index in [1.807, 2.05) is 71.3 Å². The van der Waals surface area contributed by atoms with Gasteiger partial charge in [-0.3, -0.25) is 4.98 Å². The number of ether oxygens (including phenoxy) is 1. The van der Waals surface area contributed by atoms with Crippen molar-refractivity contribution in [2.45, 2.75) is 18.8 Å². The van der Waals surface area contributed by atoms with Gasteiger partial charge in [0.2, 0.25) is 0 Å². The Balaban J connectivity index is 1.10. The molecule has 0 fully saturated rings. The molecule has 0 saturated carbocycles. The van der Waals surface area contributed by atoms with Crippen molar-refractivity contribution in [1.82, 2.24) is 4.98 Å². The van der Waals surface area contributed by atoms with E-state index < -0.39 is 0 Å². The van der Waals surface area contributed by atoms with E-state index in [1.54, 1.807) is 11.3 Å². The van der Waals surface area contributed by atoms with Crippen LogP contribution in [-0.2, 0) is 5.41 Å². The van der Waals surface area contributed by atoms with Gasteiger partial charge in [-0.15, -0.1) is 22.7 Å². The minimum Gasteiger partial charge on any atom is -0.454 e. The molecule has 1 unspecified atom stereocenters. The fourth-order valence-electron chi connectivity index (χ4n) is 5.49. The average Bonchev–Trinajstić information content (AvgIpc) is 3.73. The van der Waals surface area contributed by atoms with E-state index in [2.05, 4.69) is 67.0 Å². The molecule has 40 heavy (non-hydrogen) atoms. The molecule has 1 atom stereocenters. The Morgan fingerprint density at radius 3 is 2.67 bits per heavy atom. The predicted octanol–water partition coefficient (Wildman–Crippen LogP) is 11.2. The normalized spacial score (nSPS) is 17.3. The summed E-state index contributed by atoms with van der Waals surface area (Å²) in [5.41, 5.74) is 6.19. The summed E-state index contributed by atoms with van der Waals surface area (Å²) in [4.78, 5) is 5.96. The van der Waals surface area contributed by atoms with E-state index >= 15 is 0 Å². The van der Waals surface area contributed by atoms with E-state index in [4.69, 9.17) is 9.15 Å². The maximum absolute atomic E-state index is 6.19. The summed E-state index contributed by atoms with van der Waals surface area (Å²) < 4.78 is 17.5. The monoisotopic (exact) mass is 573 g/mol. The number of allylic oxidation sites excluding steroid dienone is 4. The van der Waals surface area contributed by atoms with Crippen LogP contribution in [0.3, 0.4) is 0 Å². The van der Waals surface area contributed by atoms with Crippen molar-refractivity contribution >= 4 is 86.5 Å². The summed E-state index contributed by atoms with van der Waals surface area (Å²) >= 11 is 5.50. The number of fused-ring (bicyclic) bond motifs is 6. The summed E-state index contributed by atoms with van der Waals surface area (Å²) in [6.07, 6.45) is 11.4. The summed E-state index contributed by atoms with van der Waals surface area (Å²) in [6.45, 7) is 6.18. The van der Waals surface area contributed by atoms with Crippen LogP contribution < -0.4 is 4.74 Å². The van der Waals surface area contributed by atoms with Crippen molar-refractivity contribution in [2.75, 3.05) is 0 Å². The molecular formula is C34H23NO2S3. The lowest BCUT2D eigenvalue weighted by Gasteiger charge is -2.29. The number of hydrogen-bond acceptors (Lipinski definition) is 6. The standard InChI is InChI=1S/C34H23NO2S3/c1-3-20-8-11-23(12-9-20)36-30-18-28-33(40-30)32-27(38-28)17-29(39-32)34(2)14-4-6-22(19-34)21-10-13-25-24(16-21)31-26(37-25)7-5-15-35-31/h3-18H,1,19H2,2H3. The molecule has 5 aromatic heterocycles. The topological polar surface area (TPSA) is 35.3 Å². The number of aromatic nitrogens is 1. The molecule has 6 heteroatoms. The van der Waals surface area contributed by atoms with Gasteiger partial charge in [0.1, 0.15) is 16.8 Å². The van der Waals surface area contributed by atoms with Gasteiger partial charge in [-0.05, 0) is 65.6 Å². The van der Waals surface area contributed by atoms with Crippen LogP contribution in [0, 0.1) is 0 Å². The number of furan rings is 1. The molecule has 0 spiro atoms. The fraction of sp³-hybridized carbons (Fsp3) is 0.0882. The molecule has 1 aliphatic rings. The maximum atomic E-state index is 6.19. The van der Waals surface area contributed by atoms with E-state index in [9.17, 15) is 0 Å². The highest BCUT2D eigenvalue weighted by Gasteiger charge is 2.30. The molecule has 7 aromatic rings. The van der Waals surface area contributed by atoms with Crippen molar-refractivity contribution in [3.05, 3.63) is 114 Å². The number of nitrogens with zero attached hydrogens (tertiary/aromatic N) is 1.